The number of nitrogens with one attached hydrogen (secondary N) is 2. The van der Waals surface area contributed by atoms with E-state index in [2.05, 4.69) is 56.3 Å². The highest BCUT2D eigenvalue weighted by molar-refractivity contribution is 5.73. The number of fused-ring (bicyclic) bond motifs is 1. The lowest BCUT2D eigenvalue weighted by Crippen LogP contribution is -2.25. The van der Waals surface area contributed by atoms with Crippen LogP contribution in [-0.4, -0.2) is 37.9 Å². The fourth-order valence-electron chi connectivity index (χ4n) is 3.14. The molecule has 0 radical (unpaired) electrons. The summed E-state index contributed by atoms with van der Waals surface area (Å²) in [7, 11) is 0. The molecule has 0 amide bonds. The molecule has 7 nitrogen and oxygen atoms in total. The van der Waals surface area contributed by atoms with Crippen LogP contribution in [0.25, 0.3) is 11.2 Å². The van der Waals surface area contributed by atoms with E-state index in [0.29, 0.717) is 11.7 Å². The number of hydrogen-bond acceptors (Lipinski definition) is 5. The highest BCUT2D eigenvalue weighted by Gasteiger charge is 2.22. The fourth-order valence-corrected chi connectivity index (χ4v) is 3.14. The first kappa shape index (κ1) is 19.1. The van der Waals surface area contributed by atoms with Crippen LogP contribution in [0.5, 0.6) is 0 Å². The van der Waals surface area contributed by atoms with Crippen LogP contribution in [0, 0.1) is 0 Å². The zero-order chi connectivity index (χ0) is 20.1. The van der Waals surface area contributed by atoms with Gasteiger partial charge in [0.25, 0.3) is 0 Å². The van der Waals surface area contributed by atoms with Crippen molar-refractivity contribution in [3.05, 3.63) is 66.2 Å². The first-order valence-electron chi connectivity index (χ1n) is 9.97. The zero-order valence-electron chi connectivity index (χ0n) is 16.8. The van der Waals surface area contributed by atoms with E-state index in [0.717, 1.165) is 48.9 Å². The summed E-state index contributed by atoms with van der Waals surface area (Å²) in [5.74, 6) is 1.81. The van der Waals surface area contributed by atoms with Gasteiger partial charge in [0.15, 0.2) is 17.3 Å². The maximum absolute atomic E-state index is 5.24. The van der Waals surface area contributed by atoms with Crippen LogP contribution in [0.15, 0.2) is 60.5 Å². The Labute approximate surface area is 170 Å². The summed E-state index contributed by atoms with van der Waals surface area (Å²) in [6, 6.07) is 4.00. The Hall–Kier alpha value is -3.19. The van der Waals surface area contributed by atoms with Gasteiger partial charge in [-0.2, -0.15) is 5.10 Å². The van der Waals surface area contributed by atoms with E-state index >= 15 is 0 Å². The van der Waals surface area contributed by atoms with E-state index in [4.69, 9.17) is 9.72 Å². The van der Waals surface area contributed by atoms with Crippen molar-refractivity contribution >= 4 is 22.8 Å². The second-order valence-corrected chi connectivity index (χ2v) is 7.05. The lowest BCUT2D eigenvalue weighted by Gasteiger charge is -2.24. The monoisotopic (exact) mass is 390 g/mol. The molecule has 3 aromatic heterocycles. The summed E-state index contributed by atoms with van der Waals surface area (Å²) in [6.45, 7) is 6.38. The molecule has 29 heavy (non-hydrogen) atoms. The van der Waals surface area contributed by atoms with Crippen LogP contribution >= 0.6 is 0 Å². The van der Waals surface area contributed by atoms with Gasteiger partial charge in [-0.25, -0.2) is 9.97 Å². The molecule has 1 aliphatic rings. The molecule has 0 aromatic carbocycles. The van der Waals surface area contributed by atoms with Crippen molar-refractivity contribution in [2.45, 2.75) is 32.7 Å². The predicted molar refractivity (Wildman–Crippen MR) is 115 cm³/mol. The predicted octanol–water partition coefficient (Wildman–Crippen LogP) is 4.48. The maximum Gasteiger partial charge on any atom is 0.161 e. The van der Waals surface area contributed by atoms with Crippen LogP contribution in [0.4, 0.5) is 11.6 Å². The van der Waals surface area contributed by atoms with Crippen LogP contribution in [0.1, 0.15) is 31.9 Å². The Morgan fingerprint density at radius 2 is 2.28 bits per heavy atom. The molecule has 4 rings (SSSR count). The summed E-state index contributed by atoms with van der Waals surface area (Å²) in [4.78, 5) is 9.32. The number of rotatable bonds is 8. The first-order chi connectivity index (χ1) is 14.3. The average molecular weight is 390 g/mol. The Balaban J connectivity index is 1.55. The molecule has 0 saturated carbocycles. The van der Waals surface area contributed by atoms with E-state index in [1.165, 1.54) is 5.57 Å². The maximum atomic E-state index is 5.24. The van der Waals surface area contributed by atoms with Gasteiger partial charge in [-0.3, -0.25) is 5.10 Å². The second kappa shape index (κ2) is 8.87. The van der Waals surface area contributed by atoms with Crippen molar-refractivity contribution in [1.82, 2.24) is 24.7 Å². The second-order valence-electron chi connectivity index (χ2n) is 7.05. The van der Waals surface area contributed by atoms with E-state index in [1.54, 1.807) is 6.20 Å². The third-order valence-corrected chi connectivity index (χ3v) is 4.82. The van der Waals surface area contributed by atoms with Crippen molar-refractivity contribution in [2.24, 2.45) is 0 Å². The minimum Gasteiger partial charge on any atom is -0.380 e. The number of aromatic amines is 1. The number of H-pyrrole nitrogens is 1. The first-order valence-corrected chi connectivity index (χ1v) is 9.97. The number of aromatic nitrogens is 5. The van der Waals surface area contributed by atoms with Gasteiger partial charge in [-0.05, 0) is 25.0 Å². The van der Waals surface area contributed by atoms with Gasteiger partial charge >= 0.3 is 0 Å². The number of hydrogen-bond donors (Lipinski definition) is 2. The van der Waals surface area contributed by atoms with Crippen LogP contribution in [0.3, 0.4) is 0 Å². The largest absolute Gasteiger partial charge is 0.380 e. The quantitative estimate of drug-likeness (QED) is 0.554. The van der Waals surface area contributed by atoms with Crippen LogP contribution < -0.4 is 5.32 Å². The molecule has 0 aliphatic carbocycles. The average Bonchev–Trinajstić information content (AvgIpc) is 3.30. The van der Waals surface area contributed by atoms with E-state index in [1.807, 2.05) is 31.3 Å². The lowest BCUT2D eigenvalue weighted by atomic mass is 10.0. The SMILES string of the molecule is C\C=C/C=C(\C=C/CC)Cn1ccc2ncc(Nc3cc(C4COC4)[nH]n3)nc21. The molecule has 150 valence electrons. The van der Waals surface area contributed by atoms with Gasteiger partial charge in [0, 0.05) is 30.4 Å². The molecular weight excluding hydrogens is 364 g/mol. The summed E-state index contributed by atoms with van der Waals surface area (Å²) < 4.78 is 7.36. The summed E-state index contributed by atoms with van der Waals surface area (Å²) in [5, 5.41) is 10.6. The topological polar surface area (TPSA) is 80.6 Å². The lowest BCUT2D eigenvalue weighted by molar-refractivity contribution is 0.00670. The van der Waals surface area contributed by atoms with Crippen molar-refractivity contribution in [2.75, 3.05) is 18.5 Å². The van der Waals surface area contributed by atoms with Crippen molar-refractivity contribution in [3.63, 3.8) is 0 Å². The Kier molecular flexibility index (Phi) is 5.86. The summed E-state index contributed by atoms with van der Waals surface area (Å²) in [5.41, 5.74) is 4.00. The van der Waals surface area contributed by atoms with E-state index < -0.39 is 0 Å². The number of allylic oxidation sites excluding steroid dienone is 6. The molecule has 4 heterocycles. The molecular formula is C22H26N6O. The molecule has 7 heteroatoms. The third-order valence-electron chi connectivity index (χ3n) is 4.82. The third kappa shape index (κ3) is 4.46. The zero-order valence-corrected chi connectivity index (χ0v) is 16.8. The molecule has 1 aliphatic heterocycles. The van der Waals surface area contributed by atoms with Gasteiger partial charge in [-0.1, -0.05) is 37.3 Å². The van der Waals surface area contributed by atoms with Crippen molar-refractivity contribution < 1.29 is 4.74 Å². The Morgan fingerprint density at radius 3 is 3.03 bits per heavy atom. The fraction of sp³-hybridized carbons (Fsp3) is 0.318. The minimum absolute atomic E-state index is 0.405. The smallest absolute Gasteiger partial charge is 0.161 e. The molecule has 2 N–H and O–H groups in total. The van der Waals surface area contributed by atoms with Gasteiger partial charge in [-0.15, -0.1) is 0 Å². The van der Waals surface area contributed by atoms with Crippen molar-refractivity contribution in [1.29, 1.82) is 0 Å². The molecule has 1 saturated heterocycles. The van der Waals surface area contributed by atoms with Crippen LogP contribution in [-0.2, 0) is 11.3 Å². The highest BCUT2D eigenvalue weighted by atomic mass is 16.5. The molecule has 1 fully saturated rings. The molecule has 0 atom stereocenters. The minimum atomic E-state index is 0.405. The Morgan fingerprint density at radius 1 is 1.38 bits per heavy atom. The normalized spacial score (nSPS) is 15.6. The molecule has 0 spiro atoms. The Bertz CT molecular complexity index is 1050. The highest BCUT2D eigenvalue weighted by Crippen LogP contribution is 2.25. The number of ether oxygens (including phenoxy) is 1. The molecule has 0 bridgehead atoms. The van der Waals surface area contributed by atoms with Crippen molar-refractivity contribution in [3.8, 4) is 0 Å². The number of nitrogens with zero attached hydrogens (tertiary/aromatic N) is 4. The van der Waals surface area contributed by atoms with Gasteiger partial charge in [0.2, 0.25) is 0 Å². The summed E-state index contributed by atoms with van der Waals surface area (Å²) in [6.07, 6.45) is 15.3. The summed E-state index contributed by atoms with van der Waals surface area (Å²) >= 11 is 0. The van der Waals surface area contributed by atoms with Crippen LogP contribution in [0.2, 0.25) is 0 Å². The molecule has 3 aromatic rings. The van der Waals surface area contributed by atoms with E-state index in [-0.39, 0.29) is 0 Å². The van der Waals surface area contributed by atoms with Gasteiger partial charge in [0.1, 0.15) is 5.52 Å². The van der Waals surface area contributed by atoms with Gasteiger partial charge < -0.3 is 14.6 Å². The standard InChI is InChI=1S/C22H26N6O/c1-3-5-7-16(8-6-4-2)13-28-10-9-18-22(28)25-21(12-23-18)24-20-11-19(26-27-20)17-14-29-15-17/h3,5-12,17H,4,13-15H2,1-2H3,(H2,24,25,26,27)/b5-3-,8-6-,16-7+. The molecule has 0 unspecified atom stereocenters. The van der Waals surface area contributed by atoms with Gasteiger partial charge in [0.05, 0.1) is 19.4 Å². The number of anilines is 2. The van der Waals surface area contributed by atoms with E-state index in [9.17, 15) is 0 Å².